The second-order valence-corrected chi connectivity index (χ2v) is 5.41. The molecule has 1 aromatic carbocycles. The third-order valence-electron chi connectivity index (χ3n) is 3.42. The number of alkyl halides is 3. The van der Waals surface area contributed by atoms with E-state index in [9.17, 15) is 23.3 Å². The topological polar surface area (TPSA) is 88.7 Å². The molecule has 0 radical (unpaired) electrons. The lowest BCUT2D eigenvalue weighted by Crippen LogP contribution is -2.32. The Morgan fingerprint density at radius 3 is 2.78 bits per heavy atom. The predicted octanol–water partition coefficient (Wildman–Crippen LogP) is 2.52. The quantitative estimate of drug-likeness (QED) is 0.458. The van der Waals surface area contributed by atoms with Gasteiger partial charge in [-0.1, -0.05) is 11.8 Å². The summed E-state index contributed by atoms with van der Waals surface area (Å²) in [5, 5.41) is 10.7. The molecular formula is C16H12F3N3O5. The van der Waals surface area contributed by atoms with E-state index in [0.717, 1.165) is 0 Å². The summed E-state index contributed by atoms with van der Waals surface area (Å²) in [5.74, 6) is 4.86. The lowest BCUT2D eigenvalue weighted by atomic mass is 10.2. The molecule has 0 saturated heterocycles. The van der Waals surface area contributed by atoms with Crippen molar-refractivity contribution in [2.75, 3.05) is 13.2 Å². The zero-order valence-electron chi connectivity index (χ0n) is 13.6. The van der Waals surface area contributed by atoms with Crippen molar-refractivity contribution in [3.05, 3.63) is 46.1 Å². The molecular weight excluding hydrogens is 371 g/mol. The molecule has 0 unspecified atom stereocenters. The number of imidazole rings is 1. The second kappa shape index (κ2) is 7.55. The van der Waals surface area contributed by atoms with E-state index in [1.54, 1.807) is 0 Å². The third-order valence-corrected chi connectivity index (χ3v) is 3.42. The van der Waals surface area contributed by atoms with E-state index in [1.165, 1.54) is 35.0 Å². The van der Waals surface area contributed by atoms with Gasteiger partial charge < -0.3 is 24.3 Å². The summed E-state index contributed by atoms with van der Waals surface area (Å²) in [6.45, 7) is 0.571. The van der Waals surface area contributed by atoms with Gasteiger partial charge in [-0.05, 0) is 29.2 Å². The van der Waals surface area contributed by atoms with Crippen LogP contribution in [0, 0.1) is 22.0 Å². The van der Waals surface area contributed by atoms with Crippen molar-refractivity contribution in [1.82, 2.24) is 9.55 Å². The summed E-state index contributed by atoms with van der Waals surface area (Å²) in [6.07, 6.45) is -3.83. The molecule has 2 heterocycles. The monoisotopic (exact) mass is 383 g/mol. The Bertz CT molecular complexity index is 883. The van der Waals surface area contributed by atoms with E-state index in [4.69, 9.17) is 9.47 Å². The number of halogens is 3. The molecule has 0 bridgehead atoms. The van der Waals surface area contributed by atoms with Gasteiger partial charge in [0, 0.05) is 10.5 Å². The number of nitro groups is 1. The standard InChI is InChI=1S/C16H12F3N3O5/c17-16(18,19)27-12-5-3-11(4-6-12)2-1-7-25-13-8-21-9-14(22(23)24)20-15(21)26-10-13/h3-6,9,13H,7-8,10H2/t13-/m0/s1. The minimum Gasteiger partial charge on any atom is -0.443 e. The minimum absolute atomic E-state index is 0.0565. The Labute approximate surface area is 150 Å². The molecule has 3 rings (SSSR count). The van der Waals surface area contributed by atoms with Crippen molar-refractivity contribution in [3.63, 3.8) is 0 Å². The van der Waals surface area contributed by atoms with E-state index < -0.39 is 11.3 Å². The average Bonchev–Trinajstić information content (AvgIpc) is 3.02. The normalized spacial score (nSPS) is 15.9. The molecule has 0 saturated carbocycles. The van der Waals surface area contributed by atoms with Gasteiger partial charge in [0.1, 0.15) is 31.3 Å². The summed E-state index contributed by atoms with van der Waals surface area (Å²) in [6, 6.07) is 5.29. The smallest absolute Gasteiger partial charge is 0.443 e. The lowest BCUT2D eigenvalue weighted by Gasteiger charge is -2.21. The van der Waals surface area contributed by atoms with Crippen LogP contribution < -0.4 is 9.47 Å². The van der Waals surface area contributed by atoms with Crippen molar-refractivity contribution >= 4 is 5.82 Å². The Morgan fingerprint density at radius 1 is 1.37 bits per heavy atom. The van der Waals surface area contributed by atoms with Crippen molar-refractivity contribution in [3.8, 4) is 23.6 Å². The maximum Gasteiger partial charge on any atom is 0.573 e. The first-order chi connectivity index (χ1) is 12.8. The minimum atomic E-state index is -4.74. The Hall–Kier alpha value is -3.26. The zero-order valence-corrected chi connectivity index (χ0v) is 13.6. The lowest BCUT2D eigenvalue weighted by molar-refractivity contribution is -0.389. The van der Waals surface area contributed by atoms with E-state index in [1.807, 2.05) is 0 Å². The fraction of sp³-hybridized carbons (Fsp3) is 0.312. The zero-order chi connectivity index (χ0) is 19.4. The largest absolute Gasteiger partial charge is 0.573 e. The summed E-state index contributed by atoms with van der Waals surface area (Å²) in [7, 11) is 0. The van der Waals surface area contributed by atoms with Gasteiger partial charge in [0.05, 0.1) is 6.54 Å². The maximum absolute atomic E-state index is 12.1. The SMILES string of the molecule is O=[N+]([O-])c1cn2c(n1)OC[C@@H](OCC#Cc1ccc(OC(F)(F)F)cc1)C2. The van der Waals surface area contributed by atoms with Crippen LogP contribution in [0.25, 0.3) is 0 Å². The number of aromatic nitrogens is 2. The molecule has 0 amide bonds. The Balaban J connectivity index is 1.50. The molecule has 1 aliphatic rings. The average molecular weight is 383 g/mol. The van der Waals surface area contributed by atoms with E-state index in [-0.39, 0.29) is 36.9 Å². The molecule has 2 aromatic rings. The van der Waals surface area contributed by atoms with Crippen LogP contribution in [-0.4, -0.2) is 40.2 Å². The first-order valence-corrected chi connectivity index (χ1v) is 7.61. The highest BCUT2D eigenvalue weighted by molar-refractivity contribution is 5.38. The van der Waals surface area contributed by atoms with Crippen LogP contribution in [0.2, 0.25) is 0 Å². The van der Waals surface area contributed by atoms with Crippen LogP contribution >= 0.6 is 0 Å². The number of rotatable bonds is 4. The van der Waals surface area contributed by atoms with E-state index in [2.05, 4.69) is 21.6 Å². The van der Waals surface area contributed by atoms with Gasteiger partial charge in [-0.2, -0.15) is 0 Å². The van der Waals surface area contributed by atoms with Gasteiger partial charge in [0.2, 0.25) is 0 Å². The number of benzene rings is 1. The van der Waals surface area contributed by atoms with Crippen molar-refractivity contribution in [1.29, 1.82) is 0 Å². The van der Waals surface area contributed by atoms with Gasteiger partial charge in [-0.3, -0.25) is 4.57 Å². The van der Waals surface area contributed by atoms with Gasteiger partial charge >= 0.3 is 18.2 Å². The highest BCUT2D eigenvalue weighted by atomic mass is 19.4. The summed E-state index contributed by atoms with van der Waals surface area (Å²) in [5.41, 5.74) is 0.500. The van der Waals surface area contributed by atoms with Crippen LogP contribution in [0.3, 0.4) is 0 Å². The van der Waals surface area contributed by atoms with Gasteiger partial charge in [-0.15, -0.1) is 13.2 Å². The van der Waals surface area contributed by atoms with Crippen molar-refractivity contribution in [2.45, 2.75) is 19.0 Å². The Morgan fingerprint density at radius 2 is 2.11 bits per heavy atom. The highest BCUT2D eigenvalue weighted by Crippen LogP contribution is 2.23. The van der Waals surface area contributed by atoms with Gasteiger partial charge in [0.25, 0.3) is 0 Å². The molecule has 0 N–H and O–H groups in total. The molecule has 27 heavy (non-hydrogen) atoms. The highest BCUT2D eigenvalue weighted by Gasteiger charge is 2.31. The fourth-order valence-electron chi connectivity index (χ4n) is 2.30. The molecule has 1 atom stereocenters. The predicted molar refractivity (Wildman–Crippen MR) is 84.1 cm³/mol. The van der Waals surface area contributed by atoms with Gasteiger partial charge in [0.15, 0.2) is 0 Å². The molecule has 1 aliphatic heterocycles. The second-order valence-electron chi connectivity index (χ2n) is 5.41. The first kappa shape index (κ1) is 18.5. The maximum atomic E-state index is 12.1. The fourth-order valence-corrected chi connectivity index (χ4v) is 2.30. The molecule has 0 spiro atoms. The van der Waals surface area contributed by atoms with Crippen molar-refractivity contribution in [2.24, 2.45) is 0 Å². The van der Waals surface area contributed by atoms with Gasteiger partial charge in [-0.25, -0.2) is 0 Å². The summed E-state index contributed by atoms with van der Waals surface area (Å²) in [4.78, 5) is 13.8. The molecule has 0 fully saturated rings. The van der Waals surface area contributed by atoms with Crippen molar-refractivity contribution < 1.29 is 32.3 Å². The van der Waals surface area contributed by atoms with E-state index in [0.29, 0.717) is 12.1 Å². The van der Waals surface area contributed by atoms with Crippen LogP contribution in [0.4, 0.5) is 19.0 Å². The molecule has 0 aliphatic carbocycles. The third kappa shape index (κ3) is 5.11. The number of hydrogen-bond acceptors (Lipinski definition) is 6. The summed E-state index contributed by atoms with van der Waals surface area (Å²) >= 11 is 0. The van der Waals surface area contributed by atoms with Crippen LogP contribution in [0.1, 0.15) is 5.56 Å². The number of nitrogens with zero attached hydrogens (tertiary/aromatic N) is 3. The van der Waals surface area contributed by atoms with Crippen LogP contribution in [-0.2, 0) is 11.3 Å². The molecule has 8 nitrogen and oxygen atoms in total. The molecule has 142 valence electrons. The molecule has 1 aromatic heterocycles. The number of ether oxygens (including phenoxy) is 3. The number of fused-ring (bicyclic) bond motifs is 1. The first-order valence-electron chi connectivity index (χ1n) is 7.61. The van der Waals surface area contributed by atoms with Crippen LogP contribution in [0.5, 0.6) is 11.8 Å². The summed E-state index contributed by atoms with van der Waals surface area (Å²) < 4.78 is 52.3. The number of hydrogen-bond donors (Lipinski definition) is 0. The molecule has 11 heteroatoms. The van der Waals surface area contributed by atoms with Crippen LogP contribution in [0.15, 0.2) is 30.5 Å². The van der Waals surface area contributed by atoms with E-state index >= 15 is 0 Å². The Kier molecular flexibility index (Phi) is 5.18.